The van der Waals surface area contributed by atoms with Crippen LogP contribution in [0.25, 0.3) is 0 Å². The number of benzene rings is 2. The van der Waals surface area contributed by atoms with Crippen molar-refractivity contribution < 1.29 is 23.0 Å². The minimum Gasteiger partial charge on any atom is -0.434 e. The molecule has 2 aromatic rings. The largest absolute Gasteiger partial charge is 0.434 e. The summed E-state index contributed by atoms with van der Waals surface area (Å²) in [4.78, 5) is 4.22. The van der Waals surface area contributed by atoms with E-state index in [-0.39, 0.29) is 11.9 Å². The third-order valence-corrected chi connectivity index (χ3v) is 5.21. The SMILES string of the molecule is CN=C(NCc1cccc(COC2CCOCC2)c1)NCc1cc(C)ccc1OC(F)F. The highest BCUT2D eigenvalue weighted by atomic mass is 19.3. The summed E-state index contributed by atoms with van der Waals surface area (Å²) in [7, 11) is 1.67. The van der Waals surface area contributed by atoms with Crippen LogP contribution < -0.4 is 15.4 Å². The van der Waals surface area contributed by atoms with Gasteiger partial charge in [0.1, 0.15) is 5.75 Å². The van der Waals surface area contributed by atoms with Crippen molar-refractivity contribution in [3.05, 3.63) is 64.7 Å². The van der Waals surface area contributed by atoms with E-state index in [1.807, 2.05) is 25.1 Å². The van der Waals surface area contributed by atoms with Gasteiger partial charge in [0.15, 0.2) is 5.96 Å². The van der Waals surface area contributed by atoms with Gasteiger partial charge in [-0.3, -0.25) is 4.99 Å². The third kappa shape index (κ3) is 7.76. The Balaban J connectivity index is 1.51. The summed E-state index contributed by atoms with van der Waals surface area (Å²) in [5.74, 6) is 0.726. The van der Waals surface area contributed by atoms with Crippen molar-refractivity contribution in [3.63, 3.8) is 0 Å². The molecule has 8 heteroatoms. The van der Waals surface area contributed by atoms with Gasteiger partial charge in [-0.05, 0) is 37.0 Å². The molecule has 6 nitrogen and oxygen atoms in total. The predicted octanol–water partition coefficient (Wildman–Crippen LogP) is 4.16. The molecule has 1 aliphatic heterocycles. The van der Waals surface area contributed by atoms with Crippen LogP contribution in [0.4, 0.5) is 8.78 Å². The first-order chi connectivity index (χ1) is 15.5. The second-order valence-corrected chi connectivity index (χ2v) is 7.71. The highest BCUT2D eigenvalue weighted by Crippen LogP contribution is 2.22. The molecule has 0 atom stereocenters. The number of aryl methyl sites for hydroxylation is 1. The van der Waals surface area contributed by atoms with Crippen LogP contribution in [0.5, 0.6) is 5.75 Å². The number of nitrogens with one attached hydrogen (secondary N) is 2. The fourth-order valence-electron chi connectivity index (χ4n) is 3.53. The van der Waals surface area contributed by atoms with Crippen molar-refractivity contribution in [3.8, 4) is 5.75 Å². The van der Waals surface area contributed by atoms with E-state index in [4.69, 9.17) is 9.47 Å². The fraction of sp³-hybridized carbons (Fsp3) is 0.458. The average molecular weight is 448 g/mol. The molecule has 0 spiro atoms. The molecule has 0 bridgehead atoms. The Morgan fingerprint density at radius 1 is 1.09 bits per heavy atom. The van der Waals surface area contributed by atoms with E-state index in [1.54, 1.807) is 19.2 Å². The van der Waals surface area contributed by atoms with Crippen LogP contribution in [0, 0.1) is 6.92 Å². The Morgan fingerprint density at radius 3 is 2.59 bits per heavy atom. The van der Waals surface area contributed by atoms with Crippen molar-refractivity contribution in [2.75, 3.05) is 20.3 Å². The quantitative estimate of drug-likeness (QED) is 0.447. The summed E-state index contributed by atoms with van der Waals surface area (Å²) in [5, 5.41) is 6.41. The first-order valence-electron chi connectivity index (χ1n) is 10.8. The Kier molecular flexibility index (Phi) is 9.25. The molecule has 1 heterocycles. The summed E-state index contributed by atoms with van der Waals surface area (Å²) in [6.07, 6.45) is 2.14. The molecule has 1 saturated heterocycles. The van der Waals surface area contributed by atoms with Crippen LogP contribution >= 0.6 is 0 Å². The molecule has 0 saturated carbocycles. The summed E-state index contributed by atoms with van der Waals surface area (Å²) in [6, 6.07) is 13.3. The molecule has 2 aromatic carbocycles. The van der Waals surface area contributed by atoms with Gasteiger partial charge in [0.2, 0.25) is 0 Å². The van der Waals surface area contributed by atoms with Gasteiger partial charge in [-0.2, -0.15) is 8.78 Å². The number of rotatable bonds is 9. The maximum absolute atomic E-state index is 12.7. The van der Waals surface area contributed by atoms with Gasteiger partial charge < -0.3 is 24.8 Å². The van der Waals surface area contributed by atoms with Gasteiger partial charge in [-0.15, -0.1) is 0 Å². The zero-order chi connectivity index (χ0) is 22.8. The van der Waals surface area contributed by atoms with E-state index in [9.17, 15) is 8.78 Å². The summed E-state index contributed by atoms with van der Waals surface area (Å²) in [6.45, 7) is 2.02. The second-order valence-electron chi connectivity index (χ2n) is 7.71. The number of hydrogen-bond donors (Lipinski definition) is 2. The van der Waals surface area contributed by atoms with E-state index in [0.717, 1.165) is 42.7 Å². The van der Waals surface area contributed by atoms with Gasteiger partial charge in [-0.25, -0.2) is 0 Å². The van der Waals surface area contributed by atoms with Crippen molar-refractivity contribution in [2.24, 2.45) is 4.99 Å². The lowest BCUT2D eigenvalue weighted by Gasteiger charge is -2.22. The molecule has 0 radical (unpaired) electrons. The van der Waals surface area contributed by atoms with Gasteiger partial charge in [0.05, 0.1) is 12.7 Å². The zero-order valence-electron chi connectivity index (χ0n) is 18.6. The van der Waals surface area contributed by atoms with Gasteiger partial charge in [-0.1, -0.05) is 42.0 Å². The molecule has 1 aliphatic rings. The number of nitrogens with zero attached hydrogens (tertiary/aromatic N) is 1. The monoisotopic (exact) mass is 447 g/mol. The molecule has 0 aromatic heterocycles. The number of hydrogen-bond acceptors (Lipinski definition) is 4. The van der Waals surface area contributed by atoms with E-state index in [1.165, 1.54) is 0 Å². The third-order valence-electron chi connectivity index (χ3n) is 5.21. The first-order valence-corrected chi connectivity index (χ1v) is 10.8. The molecule has 0 amide bonds. The standard InChI is InChI=1S/C24H31F2N3O3/c1-17-6-7-22(32-23(25)26)20(12-17)15-29-24(27-2)28-14-18-4-3-5-19(13-18)16-31-21-8-10-30-11-9-21/h3-7,12-13,21,23H,8-11,14-16H2,1-2H3,(H2,27,28,29). The lowest BCUT2D eigenvalue weighted by molar-refractivity contribution is -0.0504. The molecule has 1 fully saturated rings. The minimum atomic E-state index is -2.86. The van der Waals surface area contributed by atoms with E-state index >= 15 is 0 Å². The number of guanidine groups is 1. The smallest absolute Gasteiger partial charge is 0.387 e. The minimum absolute atomic E-state index is 0.158. The Hall–Kier alpha value is -2.71. The van der Waals surface area contributed by atoms with E-state index < -0.39 is 6.61 Å². The normalized spacial score (nSPS) is 15.1. The maximum atomic E-state index is 12.7. The predicted molar refractivity (Wildman–Crippen MR) is 120 cm³/mol. The molecule has 3 rings (SSSR count). The molecule has 2 N–H and O–H groups in total. The Bertz CT molecular complexity index is 887. The highest BCUT2D eigenvalue weighted by Gasteiger charge is 2.14. The van der Waals surface area contributed by atoms with Crippen LogP contribution in [0.2, 0.25) is 0 Å². The summed E-state index contributed by atoms with van der Waals surface area (Å²) < 4.78 is 41.3. The molecular formula is C24H31F2N3O3. The van der Waals surface area contributed by atoms with Gasteiger partial charge >= 0.3 is 6.61 Å². The van der Waals surface area contributed by atoms with Crippen molar-refractivity contribution in [1.29, 1.82) is 0 Å². The number of ether oxygens (including phenoxy) is 3. The van der Waals surface area contributed by atoms with Crippen LogP contribution in [0.15, 0.2) is 47.5 Å². The molecule has 32 heavy (non-hydrogen) atoms. The summed E-state index contributed by atoms with van der Waals surface area (Å²) in [5.41, 5.74) is 3.82. The highest BCUT2D eigenvalue weighted by molar-refractivity contribution is 5.79. The lowest BCUT2D eigenvalue weighted by Crippen LogP contribution is -2.36. The number of halogens is 2. The van der Waals surface area contributed by atoms with Gasteiger partial charge in [0, 0.05) is 38.9 Å². The van der Waals surface area contributed by atoms with Crippen molar-refractivity contribution >= 4 is 5.96 Å². The number of alkyl halides is 2. The van der Waals surface area contributed by atoms with Gasteiger partial charge in [0.25, 0.3) is 0 Å². The second kappa shape index (κ2) is 12.4. The van der Waals surface area contributed by atoms with Crippen molar-refractivity contribution in [1.82, 2.24) is 10.6 Å². The van der Waals surface area contributed by atoms with Crippen LogP contribution in [-0.2, 0) is 29.2 Å². The van der Waals surface area contributed by atoms with E-state index in [0.29, 0.717) is 31.2 Å². The molecule has 174 valence electrons. The summed E-state index contributed by atoms with van der Waals surface area (Å²) >= 11 is 0. The first kappa shape index (κ1) is 23.9. The van der Waals surface area contributed by atoms with Crippen LogP contribution in [0.1, 0.15) is 35.1 Å². The zero-order valence-corrected chi connectivity index (χ0v) is 18.6. The molecule has 0 unspecified atom stereocenters. The fourth-order valence-corrected chi connectivity index (χ4v) is 3.53. The Morgan fingerprint density at radius 2 is 1.84 bits per heavy atom. The molecule has 0 aliphatic carbocycles. The number of aliphatic imine (C=N–C) groups is 1. The van der Waals surface area contributed by atoms with Crippen LogP contribution in [-0.4, -0.2) is 38.9 Å². The Labute approximate surface area is 188 Å². The topological polar surface area (TPSA) is 64.1 Å². The van der Waals surface area contributed by atoms with E-state index in [2.05, 4.69) is 32.5 Å². The lowest BCUT2D eigenvalue weighted by atomic mass is 10.1. The van der Waals surface area contributed by atoms with Crippen LogP contribution in [0.3, 0.4) is 0 Å². The average Bonchev–Trinajstić information content (AvgIpc) is 2.80. The maximum Gasteiger partial charge on any atom is 0.387 e. The van der Waals surface area contributed by atoms with Crippen molar-refractivity contribution in [2.45, 2.75) is 52.2 Å². The molecular weight excluding hydrogens is 416 g/mol.